The standard InChI is InChI=1S/C15H17N3O2/c19-8-15(20)18-6-9-3-10(7-18)12-5-14-13(4-11(9)12)16-1-2-17-14/h1-2,4-5,9-10,15,19-20H,3,6-8H2/t9-,10+,15?. The Hall–Kier alpha value is -1.56. The first-order chi connectivity index (χ1) is 9.76. The maximum atomic E-state index is 9.87. The summed E-state index contributed by atoms with van der Waals surface area (Å²) >= 11 is 0. The molecule has 4 rings (SSSR count). The van der Waals surface area contributed by atoms with Crippen molar-refractivity contribution >= 4 is 11.0 Å². The molecule has 2 aliphatic rings. The van der Waals surface area contributed by atoms with Crippen molar-refractivity contribution in [1.82, 2.24) is 14.9 Å². The first kappa shape index (κ1) is 12.2. The molecule has 1 saturated heterocycles. The van der Waals surface area contributed by atoms with E-state index in [1.165, 1.54) is 11.1 Å². The Balaban J connectivity index is 1.76. The lowest BCUT2D eigenvalue weighted by Crippen LogP contribution is -2.44. The van der Waals surface area contributed by atoms with Gasteiger partial charge in [0.1, 0.15) is 6.23 Å². The molecule has 2 bridgehead atoms. The van der Waals surface area contributed by atoms with Gasteiger partial charge in [-0.05, 0) is 41.5 Å². The van der Waals surface area contributed by atoms with Crippen molar-refractivity contribution in [2.45, 2.75) is 24.5 Å². The number of aliphatic hydroxyl groups excluding tert-OH is 2. The van der Waals surface area contributed by atoms with Crippen LogP contribution in [0.1, 0.15) is 29.4 Å². The largest absolute Gasteiger partial charge is 0.392 e. The molecule has 1 unspecified atom stereocenters. The number of fused-ring (bicyclic) bond motifs is 6. The second-order valence-corrected chi connectivity index (χ2v) is 5.77. The predicted octanol–water partition coefficient (Wildman–Crippen LogP) is 0.827. The normalized spacial score (nSPS) is 26.7. The van der Waals surface area contributed by atoms with E-state index < -0.39 is 6.23 Å². The fraction of sp³-hybridized carbons (Fsp3) is 0.467. The first-order valence-corrected chi connectivity index (χ1v) is 7.04. The molecule has 1 aliphatic heterocycles. The number of aliphatic hydroxyl groups is 2. The molecule has 1 aromatic carbocycles. The van der Waals surface area contributed by atoms with Crippen LogP contribution in [0.3, 0.4) is 0 Å². The van der Waals surface area contributed by atoms with Crippen LogP contribution in [0.4, 0.5) is 0 Å². The van der Waals surface area contributed by atoms with E-state index in [1.54, 1.807) is 12.4 Å². The summed E-state index contributed by atoms with van der Waals surface area (Å²) in [6, 6.07) is 4.30. The lowest BCUT2D eigenvalue weighted by molar-refractivity contribution is -0.0481. The van der Waals surface area contributed by atoms with Gasteiger partial charge in [0.25, 0.3) is 0 Å². The van der Waals surface area contributed by atoms with Crippen LogP contribution in [0.5, 0.6) is 0 Å². The van der Waals surface area contributed by atoms with Crippen LogP contribution in [-0.2, 0) is 0 Å². The first-order valence-electron chi connectivity index (χ1n) is 7.04. The highest BCUT2D eigenvalue weighted by atomic mass is 16.3. The number of hydrogen-bond donors (Lipinski definition) is 2. The van der Waals surface area contributed by atoms with Gasteiger partial charge in [0.05, 0.1) is 17.6 Å². The molecule has 0 saturated carbocycles. The minimum atomic E-state index is -0.750. The number of likely N-dealkylation sites (tertiary alicyclic amines) is 1. The Labute approximate surface area is 116 Å². The van der Waals surface area contributed by atoms with Gasteiger partial charge < -0.3 is 10.2 Å². The Kier molecular flexibility index (Phi) is 2.73. The fourth-order valence-electron chi connectivity index (χ4n) is 3.69. The van der Waals surface area contributed by atoms with Gasteiger partial charge in [-0.2, -0.15) is 0 Å². The van der Waals surface area contributed by atoms with Gasteiger partial charge in [-0.3, -0.25) is 14.9 Å². The van der Waals surface area contributed by atoms with Crippen LogP contribution in [0.2, 0.25) is 0 Å². The Bertz CT molecular complexity index is 610. The van der Waals surface area contributed by atoms with Gasteiger partial charge in [0.2, 0.25) is 0 Å². The highest BCUT2D eigenvalue weighted by Gasteiger charge is 2.39. The van der Waals surface area contributed by atoms with Crippen LogP contribution in [0.15, 0.2) is 24.5 Å². The molecule has 0 radical (unpaired) electrons. The Morgan fingerprint density at radius 1 is 1.10 bits per heavy atom. The van der Waals surface area contributed by atoms with E-state index >= 15 is 0 Å². The van der Waals surface area contributed by atoms with Crippen molar-refractivity contribution in [2.24, 2.45) is 0 Å². The van der Waals surface area contributed by atoms with Crippen molar-refractivity contribution in [2.75, 3.05) is 19.7 Å². The predicted molar refractivity (Wildman–Crippen MR) is 74.3 cm³/mol. The fourth-order valence-corrected chi connectivity index (χ4v) is 3.69. The van der Waals surface area contributed by atoms with E-state index in [2.05, 4.69) is 22.1 Å². The molecule has 2 heterocycles. The average molecular weight is 271 g/mol. The average Bonchev–Trinajstić information content (AvgIpc) is 2.75. The minimum absolute atomic E-state index is 0.207. The van der Waals surface area contributed by atoms with Gasteiger partial charge in [0.15, 0.2) is 0 Å². The molecular formula is C15H17N3O2. The summed E-state index contributed by atoms with van der Waals surface area (Å²) in [4.78, 5) is 10.7. The number of aromatic nitrogens is 2. The molecular weight excluding hydrogens is 254 g/mol. The van der Waals surface area contributed by atoms with Crippen molar-refractivity contribution in [3.63, 3.8) is 0 Å². The molecule has 0 amide bonds. The van der Waals surface area contributed by atoms with Crippen LogP contribution < -0.4 is 0 Å². The third-order valence-electron chi connectivity index (χ3n) is 4.62. The highest BCUT2D eigenvalue weighted by molar-refractivity contribution is 5.77. The van der Waals surface area contributed by atoms with Crippen LogP contribution in [0, 0.1) is 0 Å². The zero-order chi connectivity index (χ0) is 13.7. The van der Waals surface area contributed by atoms with Gasteiger partial charge >= 0.3 is 0 Å². The second-order valence-electron chi connectivity index (χ2n) is 5.77. The van der Waals surface area contributed by atoms with Crippen LogP contribution in [-0.4, -0.2) is 51.0 Å². The van der Waals surface area contributed by atoms with E-state index in [4.69, 9.17) is 5.11 Å². The topological polar surface area (TPSA) is 69.5 Å². The highest BCUT2D eigenvalue weighted by Crippen LogP contribution is 2.47. The summed E-state index contributed by atoms with van der Waals surface area (Å²) in [7, 11) is 0. The SMILES string of the molecule is OCC(O)N1C[C@H]2C[C@@H](C1)c1cc3nccnc3cc12. The lowest BCUT2D eigenvalue weighted by Gasteiger charge is -2.34. The van der Waals surface area contributed by atoms with Crippen LogP contribution in [0.25, 0.3) is 11.0 Å². The zero-order valence-electron chi connectivity index (χ0n) is 11.1. The van der Waals surface area contributed by atoms with E-state index in [0.717, 1.165) is 30.5 Å². The van der Waals surface area contributed by atoms with Gasteiger partial charge in [-0.15, -0.1) is 0 Å². The smallest absolute Gasteiger partial charge is 0.130 e. The van der Waals surface area contributed by atoms with Crippen molar-refractivity contribution in [1.29, 1.82) is 0 Å². The molecule has 20 heavy (non-hydrogen) atoms. The summed E-state index contributed by atoms with van der Waals surface area (Å²) in [6.45, 7) is 1.40. The second kappa shape index (κ2) is 4.48. The molecule has 2 aromatic rings. The van der Waals surface area contributed by atoms with Gasteiger partial charge in [-0.25, -0.2) is 0 Å². The quantitative estimate of drug-likeness (QED) is 0.846. The summed E-state index contributed by atoms with van der Waals surface area (Å²) < 4.78 is 0. The summed E-state index contributed by atoms with van der Waals surface area (Å²) in [5, 5.41) is 19.0. The minimum Gasteiger partial charge on any atom is -0.392 e. The Morgan fingerprint density at radius 3 is 2.15 bits per heavy atom. The van der Waals surface area contributed by atoms with Crippen molar-refractivity contribution in [3.8, 4) is 0 Å². The third-order valence-corrected chi connectivity index (χ3v) is 4.62. The van der Waals surface area contributed by atoms with Gasteiger partial charge in [-0.1, -0.05) is 0 Å². The monoisotopic (exact) mass is 271 g/mol. The van der Waals surface area contributed by atoms with Crippen molar-refractivity contribution < 1.29 is 10.2 Å². The molecule has 104 valence electrons. The van der Waals surface area contributed by atoms with E-state index in [0.29, 0.717) is 11.8 Å². The molecule has 1 aliphatic carbocycles. The molecule has 1 aromatic heterocycles. The maximum Gasteiger partial charge on any atom is 0.130 e. The molecule has 0 spiro atoms. The molecule has 1 fully saturated rings. The number of rotatable bonds is 2. The van der Waals surface area contributed by atoms with E-state index in [9.17, 15) is 5.11 Å². The molecule has 5 nitrogen and oxygen atoms in total. The number of benzene rings is 1. The zero-order valence-corrected chi connectivity index (χ0v) is 11.1. The third kappa shape index (κ3) is 1.74. The summed E-state index contributed by atoms with van der Waals surface area (Å²) in [5.41, 5.74) is 4.56. The van der Waals surface area contributed by atoms with Gasteiger partial charge in [0, 0.05) is 25.5 Å². The number of nitrogens with zero attached hydrogens (tertiary/aromatic N) is 3. The molecule has 3 atom stereocenters. The molecule has 2 N–H and O–H groups in total. The number of piperidine rings is 1. The molecule has 5 heteroatoms. The number of hydrogen-bond acceptors (Lipinski definition) is 5. The Morgan fingerprint density at radius 2 is 1.65 bits per heavy atom. The van der Waals surface area contributed by atoms with Crippen molar-refractivity contribution in [3.05, 3.63) is 35.7 Å². The van der Waals surface area contributed by atoms with Crippen LogP contribution >= 0.6 is 0 Å². The lowest BCUT2D eigenvalue weighted by atomic mass is 9.95. The van der Waals surface area contributed by atoms with E-state index in [1.807, 2.05) is 4.90 Å². The maximum absolute atomic E-state index is 9.87. The summed E-state index contributed by atoms with van der Waals surface area (Å²) in [5.74, 6) is 0.854. The van der Waals surface area contributed by atoms with E-state index in [-0.39, 0.29) is 6.61 Å². The summed E-state index contributed by atoms with van der Waals surface area (Å²) in [6.07, 6.45) is 3.82.